The number of carboxylic acids is 1. The summed E-state index contributed by atoms with van der Waals surface area (Å²) >= 11 is 6.73. The van der Waals surface area contributed by atoms with E-state index in [-0.39, 0.29) is 21.4 Å². The summed E-state index contributed by atoms with van der Waals surface area (Å²) in [7, 11) is 0. The summed E-state index contributed by atoms with van der Waals surface area (Å²) in [5.74, 6) is -1.12. The molecule has 0 fully saturated rings. The van der Waals surface area contributed by atoms with E-state index in [9.17, 15) is 9.59 Å². The van der Waals surface area contributed by atoms with Crippen molar-refractivity contribution in [3.8, 4) is 0 Å². The molecule has 0 aliphatic heterocycles. The van der Waals surface area contributed by atoms with Crippen LogP contribution in [0.5, 0.6) is 0 Å². The summed E-state index contributed by atoms with van der Waals surface area (Å²) in [5, 5.41) is 15.9. The van der Waals surface area contributed by atoms with Gasteiger partial charge in [0.2, 0.25) is 0 Å². The van der Waals surface area contributed by atoms with Crippen LogP contribution >= 0.6 is 23.4 Å². The first-order valence-electron chi connectivity index (χ1n) is 5.25. The van der Waals surface area contributed by atoms with Crippen LogP contribution < -0.4 is 5.69 Å². The summed E-state index contributed by atoms with van der Waals surface area (Å²) in [6.45, 7) is 2.20. The summed E-state index contributed by atoms with van der Waals surface area (Å²) in [6.07, 6.45) is 0. The third-order valence-electron chi connectivity index (χ3n) is 2.28. The lowest BCUT2D eigenvalue weighted by Crippen LogP contribution is -2.16. The molecule has 7 nitrogen and oxygen atoms in total. The van der Waals surface area contributed by atoms with E-state index in [0.29, 0.717) is 11.7 Å². The van der Waals surface area contributed by atoms with Gasteiger partial charge in [0.15, 0.2) is 5.16 Å². The number of aromatic carboxylic acids is 1. The molecule has 0 bridgehead atoms. The van der Waals surface area contributed by atoms with Crippen LogP contribution in [-0.2, 0) is 6.54 Å². The van der Waals surface area contributed by atoms with Gasteiger partial charge in [0, 0.05) is 6.54 Å². The molecular formula is C10H9ClN4O3S. The molecule has 2 aromatic rings. The third kappa shape index (κ3) is 2.79. The molecule has 2 heterocycles. The van der Waals surface area contributed by atoms with Crippen LogP contribution in [-0.4, -0.2) is 30.8 Å². The van der Waals surface area contributed by atoms with E-state index in [4.69, 9.17) is 16.7 Å². The zero-order chi connectivity index (χ0) is 14.0. The van der Waals surface area contributed by atoms with E-state index in [1.165, 1.54) is 16.7 Å². The Morgan fingerprint density at radius 1 is 1.58 bits per heavy atom. The Bertz CT molecular complexity index is 682. The number of hydrogen-bond acceptors (Lipinski definition) is 5. The highest BCUT2D eigenvalue weighted by Crippen LogP contribution is 2.28. The Kier molecular flexibility index (Phi) is 3.91. The van der Waals surface area contributed by atoms with Gasteiger partial charge in [0.25, 0.3) is 0 Å². The van der Waals surface area contributed by atoms with Crippen molar-refractivity contribution in [1.29, 1.82) is 0 Å². The minimum atomic E-state index is -1.12. The number of carbonyl (C=O) groups is 1. The molecule has 2 rings (SSSR count). The lowest BCUT2D eigenvalue weighted by molar-refractivity contribution is 0.0692. The molecule has 19 heavy (non-hydrogen) atoms. The Balaban J connectivity index is 2.45. The average molecular weight is 301 g/mol. The van der Waals surface area contributed by atoms with E-state index in [1.54, 1.807) is 6.92 Å². The van der Waals surface area contributed by atoms with Gasteiger partial charge < -0.3 is 5.11 Å². The standard InChI is InChI=1S/C10H9ClN4O3S/c1-2-15-9(18)13-14-10(15)19-7-5(8(16)17)3-4-6(11)12-7/h3-4H,2H2,1H3,(H,13,18)(H,16,17). The van der Waals surface area contributed by atoms with Gasteiger partial charge in [-0.05, 0) is 30.8 Å². The van der Waals surface area contributed by atoms with Crippen LogP contribution in [0.4, 0.5) is 0 Å². The minimum Gasteiger partial charge on any atom is -0.478 e. The largest absolute Gasteiger partial charge is 0.478 e. The van der Waals surface area contributed by atoms with Crippen LogP contribution in [0.25, 0.3) is 0 Å². The molecular weight excluding hydrogens is 292 g/mol. The van der Waals surface area contributed by atoms with Crippen molar-refractivity contribution in [2.75, 3.05) is 0 Å². The molecule has 2 aromatic heterocycles. The quantitative estimate of drug-likeness (QED) is 0.830. The first-order valence-corrected chi connectivity index (χ1v) is 6.45. The van der Waals surface area contributed by atoms with E-state index in [1.807, 2.05) is 0 Å². The van der Waals surface area contributed by atoms with Crippen molar-refractivity contribution < 1.29 is 9.90 Å². The van der Waals surface area contributed by atoms with Crippen molar-refractivity contribution in [2.24, 2.45) is 0 Å². The van der Waals surface area contributed by atoms with Gasteiger partial charge in [-0.15, -0.1) is 5.10 Å². The second-order valence-electron chi connectivity index (χ2n) is 3.45. The number of hydrogen-bond donors (Lipinski definition) is 2. The molecule has 100 valence electrons. The number of aromatic nitrogens is 4. The lowest BCUT2D eigenvalue weighted by atomic mass is 10.3. The number of nitrogens with zero attached hydrogens (tertiary/aromatic N) is 3. The van der Waals surface area contributed by atoms with Gasteiger partial charge in [-0.1, -0.05) is 11.6 Å². The lowest BCUT2D eigenvalue weighted by Gasteiger charge is -2.05. The monoisotopic (exact) mass is 300 g/mol. The van der Waals surface area contributed by atoms with Crippen LogP contribution in [0.2, 0.25) is 5.15 Å². The number of halogens is 1. The van der Waals surface area contributed by atoms with Crippen LogP contribution in [0.3, 0.4) is 0 Å². The summed E-state index contributed by atoms with van der Waals surface area (Å²) in [5.41, 5.74) is -0.351. The molecule has 0 saturated carbocycles. The normalized spacial score (nSPS) is 10.6. The molecule has 0 aliphatic carbocycles. The molecule has 9 heteroatoms. The topological polar surface area (TPSA) is 101 Å². The molecule has 0 saturated heterocycles. The molecule has 0 unspecified atom stereocenters. The first-order chi connectivity index (χ1) is 9.02. The Morgan fingerprint density at radius 3 is 2.95 bits per heavy atom. The molecule has 0 aliphatic rings. The van der Waals surface area contributed by atoms with Crippen LogP contribution in [0.1, 0.15) is 17.3 Å². The predicted octanol–water partition coefficient (Wildman–Crippen LogP) is 1.49. The van der Waals surface area contributed by atoms with Crippen molar-refractivity contribution in [3.05, 3.63) is 33.3 Å². The van der Waals surface area contributed by atoms with Gasteiger partial charge in [-0.25, -0.2) is 19.7 Å². The maximum Gasteiger partial charge on any atom is 0.343 e. The Hall–Kier alpha value is -1.80. The fraction of sp³-hybridized carbons (Fsp3) is 0.200. The van der Waals surface area contributed by atoms with Gasteiger partial charge in [0.05, 0.1) is 5.56 Å². The van der Waals surface area contributed by atoms with Crippen LogP contribution in [0.15, 0.2) is 27.1 Å². The molecule has 0 atom stereocenters. The summed E-state index contributed by atoms with van der Waals surface area (Å²) in [4.78, 5) is 26.5. The second-order valence-corrected chi connectivity index (χ2v) is 4.79. The van der Waals surface area contributed by atoms with E-state index >= 15 is 0 Å². The maximum absolute atomic E-state index is 11.4. The van der Waals surface area contributed by atoms with E-state index in [2.05, 4.69) is 15.2 Å². The fourth-order valence-electron chi connectivity index (χ4n) is 1.40. The minimum absolute atomic E-state index is 0.00695. The zero-order valence-corrected chi connectivity index (χ0v) is 11.3. The maximum atomic E-state index is 11.4. The van der Waals surface area contributed by atoms with Crippen molar-refractivity contribution in [3.63, 3.8) is 0 Å². The number of rotatable bonds is 4. The molecule has 0 radical (unpaired) electrons. The molecule has 2 N–H and O–H groups in total. The number of carboxylic acid groups (broad SMARTS) is 1. The highest BCUT2D eigenvalue weighted by Gasteiger charge is 2.17. The van der Waals surface area contributed by atoms with Crippen LogP contribution in [0, 0.1) is 0 Å². The Morgan fingerprint density at radius 2 is 2.32 bits per heavy atom. The first kappa shape index (κ1) is 13.6. The van der Waals surface area contributed by atoms with E-state index < -0.39 is 5.97 Å². The Labute approximate surface area is 116 Å². The molecule has 0 aromatic carbocycles. The highest BCUT2D eigenvalue weighted by atomic mass is 35.5. The third-order valence-corrected chi connectivity index (χ3v) is 3.49. The average Bonchev–Trinajstić information content (AvgIpc) is 2.69. The number of H-pyrrole nitrogens is 1. The fourth-order valence-corrected chi connectivity index (χ4v) is 2.60. The molecule has 0 spiro atoms. The zero-order valence-electron chi connectivity index (χ0n) is 9.75. The number of nitrogens with one attached hydrogen (secondary N) is 1. The van der Waals surface area contributed by atoms with Crippen molar-refractivity contribution in [2.45, 2.75) is 23.7 Å². The smallest absolute Gasteiger partial charge is 0.343 e. The van der Waals surface area contributed by atoms with Crippen molar-refractivity contribution >= 4 is 29.3 Å². The van der Waals surface area contributed by atoms with Gasteiger partial charge in [0.1, 0.15) is 10.2 Å². The number of aromatic amines is 1. The predicted molar refractivity (Wildman–Crippen MR) is 68.9 cm³/mol. The second kappa shape index (κ2) is 5.45. The van der Waals surface area contributed by atoms with Gasteiger partial charge in [-0.2, -0.15) is 0 Å². The highest BCUT2D eigenvalue weighted by molar-refractivity contribution is 7.99. The summed E-state index contributed by atoms with van der Waals surface area (Å²) in [6, 6.07) is 2.76. The number of pyridine rings is 1. The molecule has 0 amide bonds. The van der Waals surface area contributed by atoms with Gasteiger partial charge in [-0.3, -0.25) is 4.57 Å². The van der Waals surface area contributed by atoms with E-state index in [0.717, 1.165) is 11.8 Å². The van der Waals surface area contributed by atoms with Crippen molar-refractivity contribution in [1.82, 2.24) is 19.7 Å². The van der Waals surface area contributed by atoms with Gasteiger partial charge >= 0.3 is 11.7 Å². The summed E-state index contributed by atoms with van der Waals surface area (Å²) < 4.78 is 1.37. The SMILES string of the molecule is CCn1c(Sc2nc(Cl)ccc2C(=O)O)n[nH]c1=O.